The van der Waals surface area contributed by atoms with E-state index in [-0.39, 0.29) is 22.3 Å². The predicted octanol–water partition coefficient (Wildman–Crippen LogP) is 3.51. The Balaban J connectivity index is 1.43. The Morgan fingerprint density at radius 2 is 2.04 bits per heavy atom. The molecule has 0 aliphatic carbocycles. The lowest BCUT2D eigenvalue weighted by atomic mass is 9.72. The van der Waals surface area contributed by atoms with E-state index in [0.29, 0.717) is 24.6 Å². The first-order valence-electron chi connectivity index (χ1n) is 10.3. The van der Waals surface area contributed by atoms with Crippen molar-refractivity contribution in [1.29, 1.82) is 0 Å². The van der Waals surface area contributed by atoms with E-state index >= 15 is 0 Å². The fraction of sp³-hybridized carbons (Fsp3) is 0.667. The highest BCUT2D eigenvalue weighted by Crippen LogP contribution is 2.44. The molecule has 3 saturated heterocycles. The molecule has 1 atom stereocenters. The van der Waals surface area contributed by atoms with Gasteiger partial charge in [-0.1, -0.05) is 23.7 Å². The van der Waals surface area contributed by atoms with Gasteiger partial charge in [0, 0.05) is 58.0 Å². The van der Waals surface area contributed by atoms with Gasteiger partial charge in [-0.05, 0) is 43.1 Å². The summed E-state index contributed by atoms with van der Waals surface area (Å²) in [5.74, 6) is 0.0289. The molecule has 1 unspecified atom stereocenters. The fourth-order valence-electron chi connectivity index (χ4n) is 5.04. The molecule has 28 heavy (non-hydrogen) atoms. The Hall–Kier alpha value is -1.37. The molecule has 0 radical (unpaired) electrons. The number of benzene rings is 1. The first-order chi connectivity index (χ1) is 13.6. The number of hydrogen-bond donors (Lipinski definition) is 1. The smallest absolute Gasteiger partial charge is 0.317 e. The molecular weight excluding hydrogens is 381 g/mol. The SMILES string of the molecule is O=C(NCC1CN(Cc2cccc(Cl)c2F)CC12CCOCC2)N1CCCC1. The van der Waals surface area contributed by atoms with Crippen LogP contribution in [0, 0.1) is 17.2 Å². The van der Waals surface area contributed by atoms with E-state index in [2.05, 4.69) is 10.2 Å². The van der Waals surface area contributed by atoms with Gasteiger partial charge in [0.25, 0.3) is 0 Å². The first kappa shape index (κ1) is 19.9. The van der Waals surface area contributed by atoms with Crippen LogP contribution in [0.15, 0.2) is 18.2 Å². The minimum atomic E-state index is -0.323. The van der Waals surface area contributed by atoms with Crippen LogP contribution in [0.25, 0.3) is 0 Å². The molecule has 3 fully saturated rings. The molecule has 5 nitrogen and oxygen atoms in total. The van der Waals surface area contributed by atoms with Crippen molar-refractivity contribution in [3.05, 3.63) is 34.6 Å². The van der Waals surface area contributed by atoms with Crippen LogP contribution in [0.1, 0.15) is 31.2 Å². The van der Waals surface area contributed by atoms with Crippen molar-refractivity contribution in [3.63, 3.8) is 0 Å². The van der Waals surface area contributed by atoms with Crippen molar-refractivity contribution < 1.29 is 13.9 Å². The standard InChI is InChI=1S/C21H29ClFN3O2/c22-18-5-3-4-16(19(18)23)13-25-14-17(21(15-25)6-10-28-11-7-21)12-24-20(27)26-8-1-2-9-26/h3-5,17H,1-2,6-15H2,(H,24,27). The van der Waals surface area contributed by atoms with E-state index in [9.17, 15) is 9.18 Å². The van der Waals surface area contributed by atoms with Crippen molar-refractivity contribution in [1.82, 2.24) is 15.1 Å². The molecule has 4 rings (SSSR count). The Labute approximate surface area is 171 Å². The van der Waals surface area contributed by atoms with E-state index in [1.54, 1.807) is 18.2 Å². The third-order valence-electron chi connectivity index (χ3n) is 6.69. The van der Waals surface area contributed by atoms with Crippen LogP contribution in [0.2, 0.25) is 5.02 Å². The highest BCUT2D eigenvalue weighted by atomic mass is 35.5. The maximum Gasteiger partial charge on any atom is 0.317 e. The minimum absolute atomic E-state index is 0.0547. The first-order valence-corrected chi connectivity index (χ1v) is 10.7. The highest BCUT2D eigenvalue weighted by Gasteiger charge is 2.47. The van der Waals surface area contributed by atoms with Gasteiger partial charge in [0.05, 0.1) is 5.02 Å². The number of urea groups is 1. The Kier molecular flexibility index (Phi) is 6.09. The van der Waals surface area contributed by atoms with Gasteiger partial charge in [0.1, 0.15) is 5.82 Å². The van der Waals surface area contributed by atoms with Crippen LogP contribution < -0.4 is 5.32 Å². The van der Waals surface area contributed by atoms with Gasteiger partial charge in [0.2, 0.25) is 0 Å². The number of nitrogens with zero attached hydrogens (tertiary/aromatic N) is 2. The highest BCUT2D eigenvalue weighted by molar-refractivity contribution is 6.30. The number of hydrogen-bond acceptors (Lipinski definition) is 3. The van der Waals surface area contributed by atoms with Crippen molar-refractivity contribution in [3.8, 4) is 0 Å². The van der Waals surface area contributed by atoms with Gasteiger partial charge in [-0.25, -0.2) is 9.18 Å². The molecule has 154 valence electrons. The third-order valence-corrected chi connectivity index (χ3v) is 6.98. The molecule has 3 aliphatic rings. The fourth-order valence-corrected chi connectivity index (χ4v) is 5.24. The molecule has 1 aromatic rings. The van der Waals surface area contributed by atoms with Gasteiger partial charge in [-0.15, -0.1) is 0 Å². The van der Waals surface area contributed by atoms with Crippen LogP contribution in [-0.4, -0.2) is 61.8 Å². The lowest BCUT2D eigenvalue weighted by Gasteiger charge is -2.38. The Morgan fingerprint density at radius 1 is 1.29 bits per heavy atom. The molecule has 3 aliphatic heterocycles. The molecule has 1 N–H and O–H groups in total. The van der Waals surface area contributed by atoms with E-state index in [4.69, 9.17) is 16.3 Å². The summed E-state index contributed by atoms with van der Waals surface area (Å²) in [6.45, 7) is 6.21. The molecule has 7 heteroatoms. The topological polar surface area (TPSA) is 44.8 Å². The average Bonchev–Trinajstić information content (AvgIpc) is 3.33. The second kappa shape index (κ2) is 8.56. The predicted molar refractivity (Wildman–Crippen MR) is 107 cm³/mol. The average molecular weight is 410 g/mol. The monoisotopic (exact) mass is 409 g/mol. The third kappa shape index (κ3) is 4.14. The van der Waals surface area contributed by atoms with E-state index < -0.39 is 0 Å². The van der Waals surface area contributed by atoms with Crippen LogP contribution in [0.4, 0.5) is 9.18 Å². The maximum atomic E-state index is 14.4. The van der Waals surface area contributed by atoms with Crippen LogP contribution in [0.3, 0.4) is 0 Å². The lowest BCUT2D eigenvalue weighted by Crippen LogP contribution is -2.45. The number of amides is 2. The summed E-state index contributed by atoms with van der Waals surface area (Å²) in [5.41, 5.74) is 0.766. The van der Waals surface area contributed by atoms with E-state index in [1.165, 1.54) is 0 Å². The molecule has 0 bridgehead atoms. The Bertz CT molecular complexity index is 705. The molecule has 3 heterocycles. The van der Waals surface area contributed by atoms with Crippen LogP contribution in [-0.2, 0) is 11.3 Å². The molecule has 0 aromatic heterocycles. The summed E-state index contributed by atoms with van der Waals surface area (Å²) in [4.78, 5) is 16.7. The van der Waals surface area contributed by atoms with Crippen molar-refractivity contribution in [2.45, 2.75) is 32.2 Å². The Morgan fingerprint density at radius 3 is 2.79 bits per heavy atom. The number of carbonyl (C=O) groups is 1. The largest absolute Gasteiger partial charge is 0.381 e. The second-order valence-electron chi connectivity index (χ2n) is 8.43. The zero-order valence-electron chi connectivity index (χ0n) is 16.3. The molecular formula is C21H29ClFN3O2. The summed E-state index contributed by atoms with van der Waals surface area (Å²) in [7, 11) is 0. The molecule has 1 spiro atoms. The summed E-state index contributed by atoms with van der Waals surface area (Å²) < 4.78 is 20.0. The number of likely N-dealkylation sites (tertiary alicyclic amines) is 2. The zero-order chi connectivity index (χ0) is 19.6. The quantitative estimate of drug-likeness (QED) is 0.827. The summed E-state index contributed by atoms with van der Waals surface area (Å²) >= 11 is 5.95. The minimum Gasteiger partial charge on any atom is -0.381 e. The lowest BCUT2D eigenvalue weighted by molar-refractivity contribution is -0.000105. The summed E-state index contributed by atoms with van der Waals surface area (Å²) in [6, 6.07) is 5.25. The second-order valence-corrected chi connectivity index (χ2v) is 8.84. The summed E-state index contributed by atoms with van der Waals surface area (Å²) in [5, 5.41) is 3.34. The van der Waals surface area contributed by atoms with Gasteiger partial charge >= 0.3 is 6.03 Å². The van der Waals surface area contributed by atoms with Crippen molar-refractivity contribution in [2.24, 2.45) is 11.3 Å². The normalized spacial score (nSPS) is 24.8. The van der Waals surface area contributed by atoms with Crippen molar-refractivity contribution >= 4 is 17.6 Å². The van der Waals surface area contributed by atoms with Gasteiger partial charge in [-0.2, -0.15) is 0 Å². The van der Waals surface area contributed by atoms with Crippen molar-refractivity contribution in [2.75, 3.05) is 45.9 Å². The van der Waals surface area contributed by atoms with Crippen LogP contribution in [0.5, 0.6) is 0 Å². The molecule has 2 amide bonds. The number of rotatable bonds is 4. The molecule has 1 aromatic carbocycles. The van der Waals surface area contributed by atoms with Crippen LogP contribution >= 0.6 is 11.6 Å². The van der Waals surface area contributed by atoms with E-state index in [1.807, 2.05) is 4.90 Å². The number of halogens is 2. The number of nitrogens with one attached hydrogen (secondary N) is 1. The summed E-state index contributed by atoms with van der Waals surface area (Å²) in [6.07, 6.45) is 4.17. The number of ether oxygens (including phenoxy) is 1. The molecule has 0 saturated carbocycles. The maximum absolute atomic E-state index is 14.4. The van der Waals surface area contributed by atoms with Gasteiger partial charge in [0.15, 0.2) is 0 Å². The number of carbonyl (C=O) groups excluding carboxylic acids is 1. The van der Waals surface area contributed by atoms with E-state index in [0.717, 1.165) is 65.1 Å². The van der Waals surface area contributed by atoms with Gasteiger partial charge < -0.3 is 15.0 Å². The van der Waals surface area contributed by atoms with Gasteiger partial charge in [-0.3, -0.25) is 4.90 Å². The zero-order valence-corrected chi connectivity index (χ0v) is 17.0.